The van der Waals surface area contributed by atoms with Gasteiger partial charge >= 0.3 is 0 Å². The first-order chi connectivity index (χ1) is 30.7. The lowest BCUT2D eigenvalue weighted by atomic mass is 9.70. The van der Waals surface area contributed by atoms with E-state index in [1.54, 1.807) is 0 Å². The molecule has 62 heavy (non-hydrogen) atoms. The highest BCUT2D eigenvalue weighted by Crippen LogP contribution is 2.63. The maximum absolute atomic E-state index is 5.43. The van der Waals surface area contributed by atoms with Gasteiger partial charge in [0, 0.05) is 36.9 Å². The summed E-state index contributed by atoms with van der Waals surface area (Å²) in [6.45, 7) is 0. The lowest BCUT2D eigenvalue weighted by Crippen LogP contribution is -2.25. The van der Waals surface area contributed by atoms with Crippen LogP contribution in [-0.4, -0.2) is 15.0 Å². The Morgan fingerprint density at radius 2 is 0.758 bits per heavy atom. The van der Waals surface area contributed by atoms with Crippen LogP contribution in [0.3, 0.4) is 0 Å². The van der Waals surface area contributed by atoms with Gasteiger partial charge in [0.1, 0.15) is 0 Å². The molecular weight excluding hydrogens is 771 g/mol. The van der Waals surface area contributed by atoms with Gasteiger partial charge in [-0.25, -0.2) is 15.0 Å². The Balaban J connectivity index is 1.03. The van der Waals surface area contributed by atoms with Crippen molar-refractivity contribution in [3.05, 3.63) is 235 Å². The van der Waals surface area contributed by atoms with Crippen LogP contribution in [-0.2, 0) is 5.41 Å². The predicted molar refractivity (Wildman–Crippen MR) is 256 cm³/mol. The van der Waals surface area contributed by atoms with Gasteiger partial charge in [-0.3, -0.25) is 0 Å². The summed E-state index contributed by atoms with van der Waals surface area (Å²) < 4.78 is 2.59. The summed E-state index contributed by atoms with van der Waals surface area (Å²) in [5.74, 6) is 1.92. The van der Waals surface area contributed by atoms with Gasteiger partial charge in [0.15, 0.2) is 17.5 Å². The molecule has 0 aliphatic heterocycles. The SMILES string of the molecule is c1ccc(-c2cccc(-c3nc(-c4cccc(-c5ccc6sc7ccccc7c6c5)c4)nc(-c4cccc5c4-c4ccccc4C54c5ccccc5-c5ccccc54)n3)c2)cc1. The average molecular weight is 806 g/mol. The molecule has 4 heteroatoms. The lowest BCUT2D eigenvalue weighted by molar-refractivity contribution is 0.794. The van der Waals surface area contributed by atoms with Crippen LogP contribution < -0.4 is 0 Å². The van der Waals surface area contributed by atoms with Crippen LogP contribution in [0.1, 0.15) is 22.3 Å². The number of hydrogen-bond acceptors (Lipinski definition) is 4. The molecule has 0 fully saturated rings. The van der Waals surface area contributed by atoms with Crippen LogP contribution in [0.2, 0.25) is 0 Å². The van der Waals surface area contributed by atoms with E-state index >= 15 is 0 Å². The average Bonchev–Trinajstić information content (AvgIpc) is 3.98. The van der Waals surface area contributed by atoms with Crippen molar-refractivity contribution < 1.29 is 0 Å². The Bertz CT molecular complexity index is 3560. The normalized spacial score (nSPS) is 13.0. The molecule has 2 aliphatic carbocycles. The summed E-state index contributed by atoms with van der Waals surface area (Å²) in [5, 5.41) is 2.57. The Morgan fingerprint density at radius 3 is 1.47 bits per heavy atom. The van der Waals surface area contributed by atoms with Crippen LogP contribution in [0.15, 0.2) is 212 Å². The van der Waals surface area contributed by atoms with E-state index in [2.05, 4.69) is 212 Å². The van der Waals surface area contributed by atoms with Crippen molar-refractivity contribution in [1.82, 2.24) is 15.0 Å². The minimum atomic E-state index is -0.471. The van der Waals surface area contributed by atoms with Crippen LogP contribution in [0, 0.1) is 0 Å². The van der Waals surface area contributed by atoms with Crippen molar-refractivity contribution in [2.75, 3.05) is 0 Å². The molecule has 2 heterocycles. The zero-order valence-corrected chi connectivity index (χ0v) is 34.3. The fourth-order valence-corrected chi connectivity index (χ4v) is 11.4. The third-order valence-electron chi connectivity index (χ3n) is 13.0. The Hall–Kier alpha value is -7.79. The van der Waals surface area contributed by atoms with Crippen molar-refractivity contribution in [1.29, 1.82) is 0 Å². The predicted octanol–water partition coefficient (Wildman–Crippen LogP) is 14.9. The van der Waals surface area contributed by atoms with E-state index in [1.807, 2.05) is 11.3 Å². The maximum atomic E-state index is 5.43. The third kappa shape index (κ3) is 5.14. The summed E-state index contributed by atoms with van der Waals surface area (Å²) in [6, 6.07) is 76.7. The van der Waals surface area contributed by atoms with Gasteiger partial charge in [-0.05, 0) is 97.1 Å². The molecule has 1 spiro atoms. The van der Waals surface area contributed by atoms with Crippen LogP contribution >= 0.6 is 11.3 Å². The maximum Gasteiger partial charge on any atom is 0.164 e. The largest absolute Gasteiger partial charge is 0.208 e. The molecule has 11 aromatic rings. The van der Waals surface area contributed by atoms with E-state index in [9.17, 15) is 0 Å². The first-order valence-corrected chi connectivity index (χ1v) is 21.9. The summed E-state index contributed by atoms with van der Waals surface area (Å²) in [6.07, 6.45) is 0. The molecule has 3 nitrogen and oxygen atoms in total. The number of benzene rings is 9. The van der Waals surface area contributed by atoms with E-state index in [1.165, 1.54) is 64.7 Å². The number of aromatic nitrogens is 3. The van der Waals surface area contributed by atoms with Crippen molar-refractivity contribution in [3.63, 3.8) is 0 Å². The molecule has 0 N–H and O–H groups in total. The molecule has 0 saturated carbocycles. The van der Waals surface area contributed by atoms with Gasteiger partial charge in [0.25, 0.3) is 0 Å². The number of rotatable bonds is 5. The first-order valence-electron chi connectivity index (χ1n) is 21.1. The van der Waals surface area contributed by atoms with Gasteiger partial charge in [-0.1, -0.05) is 182 Å². The van der Waals surface area contributed by atoms with Crippen LogP contribution in [0.4, 0.5) is 0 Å². The minimum absolute atomic E-state index is 0.471. The second kappa shape index (κ2) is 13.6. The molecular formula is C58H35N3S. The number of fused-ring (bicyclic) bond motifs is 13. The van der Waals surface area contributed by atoms with E-state index in [0.717, 1.165) is 38.9 Å². The monoisotopic (exact) mass is 805 g/mol. The molecule has 9 aromatic carbocycles. The van der Waals surface area contributed by atoms with Gasteiger partial charge < -0.3 is 0 Å². The minimum Gasteiger partial charge on any atom is -0.208 e. The van der Waals surface area contributed by atoms with Gasteiger partial charge in [0.05, 0.1) is 5.41 Å². The van der Waals surface area contributed by atoms with E-state index in [4.69, 9.17) is 15.0 Å². The zero-order chi connectivity index (χ0) is 40.8. The van der Waals surface area contributed by atoms with Crippen molar-refractivity contribution in [2.24, 2.45) is 0 Å². The summed E-state index contributed by atoms with van der Waals surface area (Å²) in [5.41, 5.74) is 17.0. The summed E-state index contributed by atoms with van der Waals surface area (Å²) >= 11 is 1.84. The molecule has 0 saturated heterocycles. The van der Waals surface area contributed by atoms with Crippen molar-refractivity contribution in [3.8, 4) is 78.7 Å². The first kappa shape index (κ1) is 35.0. The zero-order valence-electron chi connectivity index (χ0n) is 33.5. The van der Waals surface area contributed by atoms with Gasteiger partial charge in [0.2, 0.25) is 0 Å². The highest BCUT2D eigenvalue weighted by atomic mass is 32.1. The van der Waals surface area contributed by atoms with Gasteiger partial charge in [-0.2, -0.15) is 0 Å². The van der Waals surface area contributed by atoms with E-state index in [-0.39, 0.29) is 0 Å². The molecule has 0 bridgehead atoms. The topological polar surface area (TPSA) is 38.7 Å². The quantitative estimate of drug-likeness (QED) is 0.174. The molecule has 2 aliphatic rings. The highest BCUT2D eigenvalue weighted by molar-refractivity contribution is 7.25. The molecule has 0 radical (unpaired) electrons. The lowest BCUT2D eigenvalue weighted by Gasteiger charge is -2.30. The molecule has 0 amide bonds. The van der Waals surface area contributed by atoms with Gasteiger partial charge in [-0.15, -0.1) is 11.3 Å². The number of hydrogen-bond donors (Lipinski definition) is 0. The molecule has 0 atom stereocenters. The second-order valence-corrected chi connectivity index (χ2v) is 17.3. The summed E-state index contributed by atoms with van der Waals surface area (Å²) in [7, 11) is 0. The molecule has 2 aromatic heterocycles. The molecule has 288 valence electrons. The summed E-state index contributed by atoms with van der Waals surface area (Å²) in [4.78, 5) is 16.1. The standard InChI is InChI=1S/C58H35N3S/c1-2-15-36(16-3-1)37-17-12-19-40(33-37)55-59-56(41-20-13-18-38(34-41)39-31-32-53-47(35-39)44-23-7-11-30-52(44)62-53)61-57(60-55)46-25-14-29-51-54(46)45-24-6-10-28-50(45)58(51)48-26-8-4-21-42(48)43-22-5-9-27-49(43)58/h1-35H. The van der Waals surface area contributed by atoms with E-state index in [0.29, 0.717) is 17.5 Å². The Morgan fingerprint density at radius 1 is 0.290 bits per heavy atom. The van der Waals surface area contributed by atoms with Crippen LogP contribution in [0.5, 0.6) is 0 Å². The molecule has 13 rings (SSSR count). The number of nitrogens with zero attached hydrogens (tertiary/aromatic N) is 3. The fraction of sp³-hybridized carbons (Fsp3) is 0.0172. The second-order valence-electron chi connectivity index (χ2n) is 16.3. The number of thiophene rings is 1. The fourth-order valence-electron chi connectivity index (χ4n) is 10.3. The third-order valence-corrected chi connectivity index (χ3v) is 14.1. The van der Waals surface area contributed by atoms with Crippen LogP contribution in [0.25, 0.3) is 98.8 Å². The Kier molecular flexibility index (Phi) is 7.69. The van der Waals surface area contributed by atoms with E-state index < -0.39 is 5.41 Å². The Labute approximate surface area is 363 Å². The highest BCUT2D eigenvalue weighted by Gasteiger charge is 2.52. The van der Waals surface area contributed by atoms with Crippen molar-refractivity contribution >= 4 is 31.5 Å². The van der Waals surface area contributed by atoms with Crippen molar-refractivity contribution in [2.45, 2.75) is 5.41 Å². The smallest absolute Gasteiger partial charge is 0.164 e. The molecule has 0 unspecified atom stereocenters.